The lowest BCUT2D eigenvalue weighted by Crippen LogP contribution is -2.52. The van der Waals surface area contributed by atoms with Gasteiger partial charge in [0.2, 0.25) is 0 Å². The van der Waals surface area contributed by atoms with E-state index in [1.165, 1.54) is 21.4 Å². The summed E-state index contributed by atoms with van der Waals surface area (Å²) < 4.78 is 25.3. The SMILES string of the molecule is CCOC(=O)[C@H]1C2CCC(CC2)[C@@H]1Nc1nc(-c2cn(SI)c3ncc(F)cc23)nn2cc(-c3cnn(C)c3)cc12. The standard InChI is InChI=1S/C28H28FIN8O2S/c1-3-40-28(39)23-15-4-6-16(7-5-15)24(23)33-26-22-8-17(18-10-32-36(2)12-18)13-37(22)35-25(34-26)21-14-38(41-30)27-20(21)9-19(29)11-31-27/h8-16,23-24H,3-7H2,1-2H3,(H,33,34,35)/t15?,16?,23-,24-/m0/s1. The van der Waals surface area contributed by atoms with E-state index in [-0.39, 0.29) is 17.9 Å². The molecule has 8 rings (SSSR count). The van der Waals surface area contributed by atoms with E-state index in [0.717, 1.165) is 42.3 Å². The number of anilines is 1. The molecule has 5 heterocycles. The van der Waals surface area contributed by atoms with Crippen LogP contribution < -0.4 is 5.32 Å². The molecule has 3 saturated carbocycles. The molecular formula is C28H28FIN8O2S. The van der Waals surface area contributed by atoms with Crippen molar-refractivity contribution in [3.05, 3.63) is 48.9 Å². The van der Waals surface area contributed by atoms with E-state index in [1.807, 2.05) is 48.8 Å². The van der Waals surface area contributed by atoms with Crippen molar-refractivity contribution in [3.63, 3.8) is 0 Å². The molecule has 0 saturated heterocycles. The van der Waals surface area contributed by atoms with Crippen molar-refractivity contribution >= 4 is 58.7 Å². The fourth-order valence-corrected chi connectivity index (χ4v) is 7.88. The molecule has 0 aliphatic heterocycles. The maximum atomic E-state index is 14.4. The molecule has 5 aromatic heterocycles. The van der Waals surface area contributed by atoms with Crippen LogP contribution in [0.25, 0.3) is 39.1 Å². The molecule has 0 aromatic carbocycles. The van der Waals surface area contributed by atoms with Gasteiger partial charge in [0.25, 0.3) is 0 Å². The molecule has 13 heteroatoms. The highest BCUT2D eigenvalue weighted by atomic mass is 127. The lowest BCUT2D eigenvalue weighted by Gasteiger charge is -2.47. The molecular weight excluding hydrogens is 658 g/mol. The van der Waals surface area contributed by atoms with Gasteiger partial charge < -0.3 is 10.1 Å². The molecule has 3 aliphatic rings. The van der Waals surface area contributed by atoms with Crippen LogP contribution in [-0.2, 0) is 16.6 Å². The summed E-state index contributed by atoms with van der Waals surface area (Å²) in [5.41, 5.74) is 3.99. The number of carbonyl (C=O) groups excluding carboxylic acids is 1. The average Bonchev–Trinajstić information content (AvgIpc) is 3.70. The number of aryl methyl sites for hydroxylation is 1. The quantitative estimate of drug-likeness (QED) is 0.167. The topological polar surface area (TPSA) is 104 Å². The molecule has 0 unspecified atom stereocenters. The average molecular weight is 687 g/mol. The second-order valence-electron chi connectivity index (χ2n) is 10.8. The highest BCUT2D eigenvalue weighted by Crippen LogP contribution is 2.47. The van der Waals surface area contributed by atoms with E-state index in [0.29, 0.717) is 46.7 Å². The highest BCUT2D eigenvalue weighted by Gasteiger charge is 2.48. The van der Waals surface area contributed by atoms with Crippen LogP contribution in [-0.4, -0.2) is 52.0 Å². The maximum Gasteiger partial charge on any atom is 0.311 e. The third-order valence-corrected chi connectivity index (χ3v) is 10.2. The number of pyridine rings is 1. The second-order valence-corrected chi connectivity index (χ2v) is 12.5. The van der Waals surface area contributed by atoms with Gasteiger partial charge in [-0.1, -0.05) is 0 Å². The highest BCUT2D eigenvalue weighted by molar-refractivity contribution is 14.2. The summed E-state index contributed by atoms with van der Waals surface area (Å²) in [5.74, 6) is 0.900. The summed E-state index contributed by atoms with van der Waals surface area (Å²) in [7, 11) is 3.32. The van der Waals surface area contributed by atoms with Gasteiger partial charge in [-0.25, -0.2) is 18.9 Å². The van der Waals surface area contributed by atoms with Gasteiger partial charge in [-0.2, -0.15) is 5.10 Å². The Hall–Kier alpha value is -3.20. The largest absolute Gasteiger partial charge is 0.466 e. The number of aromatic nitrogens is 7. The van der Waals surface area contributed by atoms with Crippen LogP contribution in [0.4, 0.5) is 10.2 Å². The molecule has 10 nitrogen and oxygen atoms in total. The van der Waals surface area contributed by atoms with Gasteiger partial charge in [0.15, 0.2) is 17.3 Å². The first kappa shape index (κ1) is 26.7. The van der Waals surface area contributed by atoms with Gasteiger partial charge in [-0.05, 0) is 56.6 Å². The van der Waals surface area contributed by atoms with Gasteiger partial charge in [0.05, 0.1) is 24.9 Å². The number of nitrogens with zero attached hydrogens (tertiary/aromatic N) is 7. The summed E-state index contributed by atoms with van der Waals surface area (Å²) in [6.07, 6.45) is 13.0. The zero-order valence-electron chi connectivity index (χ0n) is 22.5. The van der Waals surface area contributed by atoms with Crippen LogP contribution in [0.5, 0.6) is 0 Å². The second kappa shape index (κ2) is 10.6. The lowest BCUT2D eigenvalue weighted by atomic mass is 9.61. The summed E-state index contributed by atoms with van der Waals surface area (Å²) >= 11 is 2.17. The zero-order valence-corrected chi connectivity index (χ0v) is 25.5. The normalized spacial score (nSPS) is 22.0. The molecule has 0 spiro atoms. The molecule has 0 amide bonds. The van der Waals surface area contributed by atoms with Crippen molar-refractivity contribution in [2.75, 3.05) is 11.9 Å². The first-order valence-electron chi connectivity index (χ1n) is 13.7. The van der Waals surface area contributed by atoms with Crippen molar-refractivity contribution in [1.29, 1.82) is 0 Å². The van der Waals surface area contributed by atoms with Crippen molar-refractivity contribution in [2.45, 2.75) is 38.6 Å². The number of esters is 1. The summed E-state index contributed by atoms with van der Waals surface area (Å²) in [6, 6.07) is 3.40. The van der Waals surface area contributed by atoms with E-state index in [1.54, 1.807) is 9.20 Å². The molecule has 3 fully saturated rings. The third-order valence-electron chi connectivity index (χ3n) is 8.48. The molecule has 3 aliphatic carbocycles. The number of rotatable bonds is 7. The van der Waals surface area contributed by atoms with Crippen LogP contribution in [0.15, 0.2) is 43.1 Å². The Morgan fingerprint density at radius 1 is 1.15 bits per heavy atom. The number of hydrogen-bond acceptors (Lipinski definition) is 8. The van der Waals surface area contributed by atoms with E-state index in [9.17, 15) is 9.18 Å². The van der Waals surface area contributed by atoms with Gasteiger partial charge in [-0.3, -0.25) is 13.4 Å². The summed E-state index contributed by atoms with van der Waals surface area (Å²) in [4.78, 5) is 22.5. The fourth-order valence-electron chi connectivity index (χ4n) is 6.62. The molecule has 0 radical (unpaired) electrons. The minimum Gasteiger partial charge on any atom is -0.466 e. The van der Waals surface area contributed by atoms with Crippen LogP contribution in [0, 0.1) is 23.6 Å². The predicted octanol–water partition coefficient (Wildman–Crippen LogP) is 5.91. The summed E-state index contributed by atoms with van der Waals surface area (Å²) in [5, 5.41) is 13.5. The number of nitrogens with one attached hydrogen (secondary N) is 1. The molecule has 212 valence electrons. The van der Waals surface area contributed by atoms with Gasteiger partial charge in [0.1, 0.15) is 11.3 Å². The Bertz CT molecular complexity index is 1780. The van der Waals surface area contributed by atoms with Crippen molar-refractivity contribution in [3.8, 4) is 22.5 Å². The van der Waals surface area contributed by atoms with Gasteiger partial charge in [-0.15, -0.1) is 5.10 Å². The monoisotopic (exact) mass is 686 g/mol. The van der Waals surface area contributed by atoms with E-state index in [2.05, 4.69) is 36.6 Å². The van der Waals surface area contributed by atoms with Crippen molar-refractivity contribution in [1.82, 2.24) is 33.3 Å². The molecule has 41 heavy (non-hydrogen) atoms. The minimum absolute atomic E-state index is 0.102. The maximum absolute atomic E-state index is 14.4. The van der Waals surface area contributed by atoms with Crippen LogP contribution in [0.1, 0.15) is 32.6 Å². The van der Waals surface area contributed by atoms with E-state index < -0.39 is 5.82 Å². The molecule has 5 aromatic rings. The smallest absolute Gasteiger partial charge is 0.311 e. The Kier molecular flexibility index (Phi) is 6.88. The van der Waals surface area contributed by atoms with E-state index in [4.69, 9.17) is 14.8 Å². The number of fused-ring (bicyclic) bond motifs is 5. The number of carbonyl (C=O) groups is 1. The fraction of sp³-hybridized carbons (Fsp3) is 0.393. The van der Waals surface area contributed by atoms with Gasteiger partial charge in [0, 0.05) is 84.1 Å². The van der Waals surface area contributed by atoms with Gasteiger partial charge >= 0.3 is 5.97 Å². The predicted molar refractivity (Wildman–Crippen MR) is 164 cm³/mol. The van der Waals surface area contributed by atoms with Crippen molar-refractivity contribution in [2.24, 2.45) is 24.8 Å². The Balaban J connectivity index is 1.39. The Morgan fingerprint density at radius 2 is 1.95 bits per heavy atom. The minimum atomic E-state index is -0.426. The first-order valence-corrected chi connectivity index (χ1v) is 17.0. The van der Waals surface area contributed by atoms with Crippen LogP contribution in [0.2, 0.25) is 0 Å². The molecule has 1 N–H and O–H groups in total. The lowest BCUT2D eigenvalue weighted by molar-refractivity contribution is -0.154. The number of ether oxygens (including phenoxy) is 1. The number of hydrogen-bond donors (Lipinski definition) is 1. The molecule has 2 atom stereocenters. The van der Waals surface area contributed by atoms with Crippen LogP contribution in [0.3, 0.4) is 0 Å². The third kappa shape index (κ3) is 4.66. The Morgan fingerprint density at radius 3 is 2.68 bits per heavy atom. The first-order chi connectivity index (χ1) is 19.9. The molecule has 2 bridgehead atoms. The van der Waals surface area contributed by atoms with Crippen LogP contribution >= 0.6 is 30.3 Å². The Labute approximate surface area is 251 Å². The summed E-state index contributed by atoms with van der Waals surface area (Å²) in [6.45, 7) is 2.21. The number of halogens is 2. The van der Waals surface area contributed by atoms with E-state index >= 15 is 0 Å². The zero-order chi connectivity index (χ0) is 28.2. The van der Waals surface area contributed by atoms with Crippen molar-refractivity contribution < 1.29 is 13.9 Å².